The number of amides is 1. The summed E-state index contributed by atoms with van der Waals surface area (Å²) < 4.78 is 0. The van der Waals surface area contributed by atoms with E-state index in [1.165, 1.54) is 0 Å². The molecule has 6 nitrogen and oxygen atoms in total. The first-order chi connectivity index (χ1) is 12.3. The van der Waals surface area contributed by atoms with Crippen LogP contribution in [0, 0.1) is 11.3 Å². The number of carbonyl (C=O) groups is 1. The fourth-order valence-corrected chi connectivity index (χ4v) is 3.57. The van der Waals surface area contributed by atoms with Gasteiger partial charge in [0.15, 0.2) is 5.69 Å². The van der Waals surface area contributed by atoms with Crippen LogP contribution < -0.4 is 5.43 Å². The maximum Gasteiger partial charge on any atom is 0.292 e. The monoisotopic (exact) mass is 354 g/mol. The molecule has 1 aromatic carbocycles. The van der Waals surface area contributed by atoms with Gasteiger partial charge in [-0.05, 0) is 66.8 Å². The smallest absolute Gasteiger partial charge is 0.292 e. The lowest BCUT2D eigenvalue weighted by atomic mass is 9.76. The number of hydrazone groups is 1. The Morgan fingerprint density at radius 2 is 2.12 bits per heavy atom. The lowest BCUT2D eigenvalue weighted by molar-refractivity contribution is 0.0948. The number of nitrogens with zero attached hydrogens (tertiary/aromatic N) is 2. The molecule has 26 heavy (non-hydrogen) atoms. The average molecular weight is 354 g/mol. The second-order valence-corrected chi connectivity index (χ2v) is 8.19. The minimum absolute atomic E-state index is 0.194. The zero-order valence-corrected chi connectivity index (χ0v) is 15.5. The Morgan fingerprint density at radius 1 is 1.38 bits per heavy atom. The number of rotatable bonds is 4. The number of hydrogen-bond donors (Lipinski definition) is 3. The van der Waals surface area contributed by atoms with Gasteiger partial charge >= 0.3 is 0 Å². The van der Waals surface area contributed by atoms with E-state index >= 15 is 0 Å². The summed E-state index contributed by atoms with van der Waals surface area (Å²) in [5.74, 6) is 0.472. The van der Waals surface area contributed by atoms with Gasteiger partial charge in [0.05, 0.1) is 6.21 Å². The van der Waals surface area contributed by atoms with Crippen molar-refractivity contribution >= 4 is 12.1 Å². The predicted octanol–water partition coefficient (Wildman–Crippen LogP) is 3.42. The van der Waals surface area contributed by atoms with Gasteiger partial charge in [-0.15, -0.1) is 0 Å². The molecule has 3 rings (SSSR count). The van der Waals surface area contributed by atoms with Gasteiger partial charge in [0.2, 0.25) is 0 Å². The number of aromatic nitrogens is 2. The largest absolute Gasteiger partial charge is 0.508 e. The molecule has 0 aliphatic heterocycles. The molecule has 138 valence electrons. The predicted molar refractivity (Wildman–Crippen MR) is 101 cm³/mol. The highest BCUT2D eigenvalue weighted by Crippen LogP contribution is 2.34. The van der Waals surface area contributed by atoms with E-state index in [4.69, 9.17) is 0 Å². The number of H-pyrrole nitrogens is 1. The summed E-state index contributed by atoms with van der Waals surface area (Å²) in [5.41, 5.74) is 6.16. The molecule has 0 saturated heterocycles. The number of phenolic OH excluding ortho intramolecular Hbond substituents is 1. The topological polar surface area (TPSA) is 90.4 Å². The second-order valence-electron chi connectivity index (χ2n) is 8.19. The van der Waals surface area contributed by atoms with Gasteiger partial charge in [0, 0.05) is 11.3 Å². The minimum Gasteiger partial charge on any atom is -0.508 e. The molecule has 0 bridgehead atoms. The SMILES string of the molecule is CC(C)(C)C[C@H]1CCc2[nH]nc(C(=O)N/N=C\c3ccc(O)cc3)c2C1. The third kappa shape index (κ3) is 4.50. The molecule has 0 saturated carbocycles. The highest BCUT2D eigenvalue weighted by Gasteiger charge is 2.28. The number of phenols is 1. The van der Waals surface area contributed by atoms with Gasteiger partial charge in [-0.3, -0.25) is 9.89 Å². The maximum atomic E-state index is 12.5. The van der Waals surface area contributed by atoms with E-state index in [-0.39, 0.29) is 17.1 Å². The third-order valence-electron chi connectivity index (χ3n) is 4.64. The number of aromatic hydroxyl groups is 1. The number of carbonyl (C=O) groups excluding carboxylic acids is 1. The van der Waals surface area contributed by atoms with Gasteiger partial charge in [0.25, 0.3) is 5.91 Å². The van der Waals surface area contributed by atoms with Crippen molar-refractivity contribution in [1.29, 1.82) is 0 Å². The van der Waals surface area contributed by atoms with Gasteiger partial charge in [0.1, 0.15) is 5.75 Å². The average Bonchev–Trinajstić information content (AvgIpc) is 2.98. The summed E-state index contributed by atoms with van der Waals surface area (Å²) in [6, 6.07) is 6.59. The maximum absolute atomic E-state index is 12.5. The van der Waals surface area contributed by atoms with Crippen molar-refractivity contribution in [2.24, 2.45) is 16.4 Å². The van der Waals surface area contributed by atoms with Crippen molar-refractivity contribution in [3.63, 3.8) is 0 Å². The van der Waals surface area contributed by atoms with Gasteiger partial charge < -0.3 is 5.11 Å². The fraction of sp³-hybridized carbons (Fsp3) is 0.450. The summed E-state index contributed by atoms with van der Waals surface area (Å²) in [6.07, 6.45) is 5.63. The van der Waals surface area contributed by atoms with Crippen LogP contribution in [-0.2, 0) is 12.8 Å². The minimum atomic E-state index is -0.297. The molecule has 1 atom stereocenters. The molecule has 2 aromatic rings. The Kier molecular flexibility index (Phi) is 5.11. The molecular weight excluding hydrogens is 328 g/mol. The Bertz CT molecular complexity index is 800. The van der Waals surface area contributed by atoms with Crippen LogP contribution in [0.1, 0.15) is 60.9 Å². The zero-order chi connectivity index (χ0) is 18.7. The van der Waals surface area contributed by atoms with Crippen LogP contribution >= 0.6 is 0 Å². The second kappa shape index (κ2) is 7.32. The normalized spacial score (nSPS) is 17.3. The summed E-state index contributed by atoms with van der Waals surface area (Å²) >= 11 is 0. The van der Waals surface area contributed by atoms with E-state index in [2.05, 4.69) is 41.5 Å². The van der Waals surface area contributed by atoms with Crippen molar-refractivity contribution < 1.29 is 9.90 Å². The van der Waals surface area contributed by atoms with Gasteiger partial charge in [-0.1, -0.05) is 20.8 Å². The number of aryl methyl sites for hydroxylation is 1. The molecule has 1 aliphatic carbocycles. The lowest BCUT2D eigenvalue weighted by Gasteiger charge is -2.28. The Morgan fingerprint density at radius 3 is 2.81 bits per heavy atom. The molecule has 0 fully saturated rings. The Hall–Kier alpha value is -2.63. The van der Waals surface area contributed by atoms with Crippen LogP contribution in [-0.4, -0.2) is 27.4 Å². The van der Waals surface area contributed by atoms with Crippen LogP contribution in [0.4, 0.5) is 0 Å². The molecule has 0 unspecified atom stereocenters. The van der Waals surface area contributed by atoms with Crippen molar-refractivity contribution in [3.05, 3.63) is 46.8 Å². The van der Waals surface area contributed by atoms with E-state index in [0.29, 0.717) is 11.6 Å². The van der Waals surface area contributed by atoms with E-state index in [1.807, 2.05) is 0 Å². The zero-order valence-electron chi connectivity index (χ0n) is 15.5. The van der Waals surface area contributed by atoms with Crippen molar-refractivity contribution in [2.75, 3.05) is 0 Å². The first kappa shape index (κ1) is 18.2. The Labute approximate surface area is 153 Å². The number of benzene rings is 1. The molecule has 6 heteroatoms. The third-order valence-corrected chi connectivity index (χ3v) is 4.64. The number of aromatic amines is 1. The van der Waals surface area contributed by atoms with Crippen LogP contribution in [0.2, 0.25) is 0 Å². The molecule has 1 aliphatic rings. The number of hydrogen-bond acceptors (Lipinski definition) is 4. The van der Waals surface area contributed by atoms with Gasteiger partial charge in [-0.25, -0.2) is 5.43 Å². The molecule has 1 amide bonds. The quantitative estimate of drug-likeness (QED) is 0.580. The summed E-state index contributed by atoms with van der Waals surface area (Å²) in [4.78, 5) is 12.5. The van der Waals surface area contributed by atoms with Crippen molar-refractivity contribution in [2.45, 2.75) is 46.5 Å². The van der Waals surface area contributed by atoms with E-state index < -0.39 is 0 Å². The Balaban J connectivity index is 1.66. The van der Waals surface area contributed by atoms with Crippen LogP contribution in [0.3, 0.4) is 0 Å². The molecular formula is C20H26N4O2. The molecule has 3 N–H and O–H groups in total. The first-order valence-corrected chi connectivity index (χ1v) is 9.00. The molecule has 0 radical (unpaired) electrons. The van der Waals surface area contributed by atoms with E-state index in [9.17, 15) is 9.90 Å². The molecule has 1 aromatic heterocycles. The summed E-state index contributed by atoms with van der Waals surface area (Å²) in [5, 5.41) is 20.5. The molecule has 0 spiro atoms. The lowest BCUT2D eigenvalue weighted by Crippen LogP contribution is -2.24. The summed E-state index contributed by atoms with van der Waals surface area (Å²) in [6.45, 7) is 6.76. The highest BCUT2D eigenvalue weighted by molar-refractivity contribution is 5.94. The van der Waals surface area contributed by atoms with Crippen LogP contribution in [0.25, 0.3) is 0 Å². The number of fused-ring (bicyclic) bond motifs is 1. The van der Waals surface area contributed by atoms with Crippen molar-refractivity contribution in [1.82, 2.24) is 15.6 Å². The van der Waals surface area contributed by atoms with Crippen LogP contribution in [0.15, 0.2) is 29.4 Å². The van der Waals surface area contributed by atoms with Crippen molar-refractivity contribution in [3.8, 4) is 5.75 Å². The summed E-state index contributed by atoms with van der Waals surface area (Å²) in [7, 11) is 0. The standard InChI is InChI=1S/C20H26N4O2/c1-20(2,3)11-14-6-9-17-16(10-14)18(23-22-17)19(26)24-21-12-13-4-7-15(25)8-5-13/h4-5,7-8,12,14,25H,6,9-11H2,1-3H3,(H,22,23)(H,24,26)/b21-12-/t14-/m0/s1. The van der Waals surface area contributed by atoms with Crippen LogP contribution in [0.5, 0.6) is 5.75 Å². The highest BCUT2D eigenvalue weighted by atomic mass is 16.3. The number of nitrogens with one attached hydrogen (secondary N) is 2. The molecule has 1 heterocycles. The van der Waals surface area contributed by atoms with E-state index in [1.54, 1.807) is 30.5 Å². The van der Waals surface area contributed by atoms with E-state index in [0.717, 1.165) is 42.5 Å². The fourth-order valence-electron chi connectivity index (χ4n) is 3.57. The van der Waals surface area contributed by atoms with Gasteiger partial charge in [-0.2, -0.15) is 10.2 Å². The first-order valence-electron chi connectivity index (χ1n) is 9.00.